The van der Waals surface area contributed by atoms with Gasteiger partial charge in [-0.25, -0.2) is 9.78 Å². The number of nitrogens with zero attached hydrogens (tertiary/aromatic N) is 4. The zero-order valence-electron chi connectivity index (χ0n) is 16.3. The first-order valence-corrected chi connectivity index (χ1v) is 9.82. The van der Waals surface area contributed by atoms with Gasteiger partial charge in [-0.3, -0.25) is 18.9 Å². The third-order valence-corrected chi connectivity index (χ3v) is 4.92. The van der Waals surface area contributed by atoms with Crippen LogP contribution in [0.2, 0.25) is 0 Å². The van der Waals surface area contributed by atoms with Gasteiger partial charge in [-0.15, -0.1) is 0 Å². The summed E-state index contributed by atoms with van der Waals surface area (Å²) in [7, 11) is 0. The van der Waals surface area contributed by atoms with Gasteiger partial charge in [0.05, 0.1) is 0 Å². The van der Waals surface area contributed by atoms with E-state index in [0.29, 0.717) is 49.3 Å². The van der Waals surface area contributed by atoms with E-state index < -0.39 is 0 Å². The van der Waals surface area contributed by atoms with Gasteiger partial charge in [-0.1, -0.05) is 43.3 Å². The van der Waals surface area contributed by atoms with Crippen LogP contribution in [0.3, 0.4) is 0 Å². The van der Waals surface area contributed by atoms with Crippen molar-refractivity contribution in [2.45, 2.75) is 39.3 Å². The van der Waals surface area contributed by atoms with Crippen molar-refractivity contribution in [3.05, 3.63) is 92.6 Å². The molecule has 0 radical (unpaired) electrons. The summed E-state index contributed by atoms with van der Waals surface area (Å²) in [5.41, 5.74) is 2.30. The van der Waals surface area contributed by atoms with Crippen LogP contribution in [0.15, 0.2) is 64.4 Å². The molecule has 7 heteroatoms. The second kappa shape index (κ2) is 8.26. The summed E-state index contributed by atoms with van der Waals surface area (Å²) in [5, 5.41) is 0. The molecule has 3 aromatic heterocycles. The van der Waals surface area contributed by atoms with Gasteiger partial charge in [-0.2, -0.15) is 0 Å². The molecule has 4 aromatic rings. The molecule has 0 atom stereocenters. The third-order valence-electron chi connectivity index (χ3n) is 4.92. The highest BCUT2D eigenvalue weighted by Gasteiger charge is 2.17. The fourth-order valence-electron chi connectivity index (χ4n) is 3.50. The van der Waals surface area contributed by atoms with Crippen LogP contribution in [-0.4, -0.2) is 24.1 Å². The highest BCUT2D eigenvalue weighted by Crippen LogP contribution is 2.11. The number of rotatable bonds is 7. The lowest BCUT2D eigenvalue weighted by atomic mass is 10.1. The number of fused-ring (bicyclic) bond motifs is 1. The van der Waals surface area contributed by atoms with E-state index in [1.807, 2.05) is 49.4 Å². The van der Waals surface area contributed by atoms with Gasteiger partial charge in [0.25, 0.3) is 5.56 Å². The molecule has 0 saturated carbocycles. The van der Waals surface area contributed by atoms with Gasteiger partial charge in [0, 0.05) is 31.9 Å². The summed E-state index contributed by atoms with van der Waals surface area (Å²) >= 11 is 0. The van der Waals surface area contributed by atoms with Crippen molar-refractivity contribution in [1.82, 2.24) is 24.1 Å². The van der Waals surface area contributed by atoms with Gasteiger partial charge in [0.15, 0.2) is 5.65 Å². The fraction of sp³-hybridized carbons (Fsp3) is 0.273. The molecule has 0 aliphatic rings. The number of H-pyrrole nitrogens is 1. The number of benzene rings is 1. The van der Waals surface area contributed by atoms with Crippen molar-refractivity contribution in [2.75, 3.05) is 0 Å². The van der Waals surface area contributed by atoms with E-state index in [9.17, 15) is 9.59 Å². The summed E-state index contributed by atoms with van der Waals surface area (Å²) in [5.74, 6) is 0.646. The molecule has 1 N–H and O–H groups in total. The van der Waals surface area contributed by atoms with Crippen LogP contribution in [0.25, 0.3) is 11.2 Å². The molecule has 0 spiro atoms. The van der Waals surface area contributed by atoms with E-state index in [1.165, 1.54) is 4.57 Å². The number of aryl methyl sites for hydroxylation is 2. The van der Waals surface area contributed by atoms with Crippen molar-refractivity contribution in [3.8, 4) is 0 Å². The van der Waals surface area contributed by atoms with Crippen molar-refractivity contribution in [2.24, 2.45) is 0 Å². The van der Waals surface area contributed by atoms with Crippen LogP contribution in [0.4, 0.5) is 0 Å². The minimum atomic E-state index is -0.312. The molecular weight excluding hydrogens is 366 g/mol. The largest absolute Gasteiger partial charge is 0.336 e. The maximum absolute atomic E-state index is 13.0. The van der Waals surface area contributed by atoms with E-state index in [1.54, 1.807) is 17.0 Å². The Morgan fingerprint density at radius 1 is 0.966 bits per heavy atom. The molecule has 0 saturated heterocycles. The molecule has 0 aliphatic heterocycles. The fourth-order valence-corrected chi connectivity index (χ4v) is 3.50. The molecular formula is C22H23N5O2. The maximum atomic E-state index is 13.0. The zero-order valence-corrected chi connectivity index (χ0v) is 16.3. The minimum Gasteiger partial charge on any atom is -0.336 e. The summed E-state index contributed by atoms with van der Waals surface area (Å²) in [6, 6.07) is 13.8. The average molecular weight is 389 g/mol. The number of hydrogen-bond acceptors (Lipinski definition) is 4. The topological polar surface area (TPSA) is 85.6 Å². The Labute approximate surface area is 167 Å². The number of nitrogens with one attached hydrogen (secondary N) is 1. The third kappa shape index (κ3) is 3.89. The second-order valence-electron chi connectivity index (χ2n) is 7.05. The zero-order chi connectivity index (χ0) is 20.2. The Bertz CT molecular complexity index is 1220. The molecule has 4 rings (SSSR count). The number of imidazole rings is 1. The molecule has 0 amide bonds. The monoisotopic (exact) mass is 389 g/mol. The van der Waals surface area contributed by atoms with Crippen LogP contribution in [0.5, 0.6) is 0 Å². The SMILES string of the molecule is CCCn1c(=O)c2[nH]c(Cc3cccnc3)nc2n(CCc2ccccc2)c1=O. The highest BCUT2D eigenvalue weighted by molar-refractivity contribution is 5.70. The standard InChI is InChI=1S/C22H23N5O2/c1-2-12-27-21(28)19-20(25-18(24-19)14-17-9-6-11-23-15-17)26(22(27)29)13-10-16-7-4-3-5-8-16/h3-9,11,15H,2,10,12-14H2,1H3,(H,24,25). The molecule has 0 aliphatic carbocycles. The Morgan fingerprint density at radius 3 is 2.48 bits per heavy atom. The first-order chi connectivity index (χ1) is 14.2. The van der Waals surface area contributed by atoms with Crippen molar-refractivity contribution < 1.29 is 0 Å². The lowest BCUT2D eigenvalue weighted by Crippen LogP contribution is -2.40. The predicted molar refractivity (Wildman–Crippen MR) is 112 cm³/mol. The molecule has 7 nitrogen and oxygen atoms in total. The first-order valence-electron chi connectivity index (χ1n) is 9.82. The lowest BCUT2D eigenvalue weighted by molar-refractivity contribution is 0.559. The molecule has 148 valence electrons. The van der Waals surface area contributed by atoms with Gasteiger partial charge in [-0.05, 0) is 30.0 Å². The maximum Gasteiger partial charge on any atom is 0.332 e. The van der Waals surface area contributed by atoms with Crippen LogP contribution in [-0.2, 0) is 25.9 Å². The Balaban J connectivity index is 1.78. The molecule has 0 bridgehead atoms. The van der Waals surface area contributed by atoms with E-state index in [4.69, 9.17) is 0 Å². The van der Waals surface area contributed by atoms with E-state index in [0.717, 1.165) is 11.1 Å². The van der Waals surface area contributed by atoms with Crippen LogP contribution < -0.4 is 11.2 Å². The first kappa shape index (κ1) is 18.9. The Kier molecular flexibility index (Phi) is 5.37. The van der Waals surface area contributed by atoms with Crippen LogP contribution in [0, 0.1) is 0 Å². The Morgan fingerprint density at radius 2 is 1.76 bits per heavy atom. The van der Waals surface area contributed by atoms with Gasteiger partial charge in [0.1, 0.15) is 11.3 Å². The molecule has 3 heterocycles. The molecule has 0 unspecified atom stereocenters. The number of pyridine rings is 1. The summed E-state index contributed by atoms with van der Waals surface area (Å²) < 4.78 is 2.92. The predicted octanol–water partition coefficient (Wildman–Crippen LogP) is 2.52. The van der Waals surface area contributed by atoms with Gasteiger partial charge in [0.2, 0.25) is 0 Å². The van der Waals surface area contributed by atoms with Crippen molar-refractivity contribution in [1.29, 1.82) is 0 Å². The van der Waals surface area contributed by atoms with E-state index in [-0.39, 0.29) is 11.2 Å². The molecule has 0 fully saturated rings. The normalized spacial score (nSPS) is 11.2. The van der Waals surface area contributed by atoms with Gasteiger partial charge < -0.3 is 4.98 Å². The number of hydrogen-bond donors (Lipinski definition) is 1. The number of aromatic nitrogens is 5. The van der Waals surface area contributed by atoms with Crippen LogP contribution >= 0.6 is 0 Å². The molecule has 29 heavy (non-hydrogen) atoms. The molecule has 1 aromatic carbocycles. The quantitative estimate of drug-likeness (QED) is 0.526. The summed E-state index contributed by atoms with van der Waals surface area (Å²) in [4.78, 5) is 37.8. The van der Waals surface area contributed by atoms with Crippen molar-refractivity contribution in [3.63, 3.8) is 0 Å². The smallest absolute Gasteiger partial charge is 0.332 e. The second-order valence-corrected chi connectivity index (χ2v) is 7.05. The minimum absolute atomic E-state index is 0.306. The summed E-state index contributed by atoms with van der Waals surface area (Å²) in [6.45, 7) is 2.79. The summed E-state index contributed by atoms with van der Waals surface area (Å²) in [6.07, 6.45) is 5.39. The van der Waals surface area contributed by atoms with Crippen molar-refractivity contribution >= 4 is 11.2 Å². The van der Waals surface area contributed by atoms with E-state index >= 15 is 0 Å². The Hall–Kier alpha value is -3.48. The lowest BCUT2D eigenvalue weighted by Gasteiger charge is -2.10. The number of aromatic amines is 1. The van der Waals surface area contributed by atoms with Crippen LogP contribution in [0.1, 0.15) is 30.3 Å². The van der Waals surface area contributed by atoms with Gasteiger partial charge >= 0.3 is 5.69 Å². The average Bonchev–Trinajstić information content (AvgIpc) is 3.16. The van der Waals surface area contributed by atoms with E-state index in [2.05, 4.69) is 15.0 Å². The highest BCUT2D eigenvalue weighted by atomic mass is 16.2.